The molecule has 0 saturated heterocycles. The largest absolute Gasteiger partial charge is 0.459 e. The zero-order chi connectivity index (χ0) is 17.9. The fourth-order valence-electron chi connectivity index (χ4n) is 3.52. The number of esters is 1. The smallest absolute Gasteiger partial charge is 0.336 e. The van der Waals surface area contributed by atoms with Gasteiger partial charge in [-0.1, -0.05) is 63.6 Å². The molecule has 0 spiro atoms. The van der Waals surface area contributed by atoms with Crippen molar-refractivity contribution in [2.75, 3.05) is 0 Å². The average molecular weight is 330 g/mol. The maximum absolute atomic E-state index is 12.5. The Morgan fingerprint density at radius 2 is 1.88 bits per heavy atom. The van der Waals surface area contributed by atoms with E-state index >= 15 is 0 Å². The van der Waals surface area contributed by atoms with Crippen molar-refractivity contribution in [3.63, 3.8) is 0 Å². The molecule has 2 rings (SSSR count). The van der Waals surface area contributed by atoms with E-state index < -0.39 is 12.1 Å². The molecule has 0 aliphatic heterocycles. The maximum atomic E-state index is 12.5. The number of benzene rings is 1. The molecule has 1 aromatic carbocycles. The minimum atomic E-state index is -1.02. The zero-order valence-electron chi connectivity index (χ0n) is 15.3. The highest BCUT2D eigenvalue weighted by atomic mass is 16.5. The van der Waals surface area contributed by atoms with Crippen molar-refractivity contribution in [3.05, 3.63) is 47.5 Å². The Bertz CT molecular complexity index is 573. The Morgan fingerprint density at radius 1 is 1.25 bits per heavy atom. The van der Waals surface area contributed by atoms with Crippen molar-refractivity contribution in [1.29, 1.82) is 0 Å². The summed E-state index contributed by atoms with van der Waals surface area (Å²) in [5.74, 6) is 0.945. The molecule has 1 N–H and O–H groups in total. The molecule has 132 valence electrons. The van der Waals surface area contributed by atoms with Crippen molar-refractivity contribution in [2.45, 2.75) is 59.2 Å². The average Bonchev–Trinajstić information content (AvgIpc) is 2.54. The number of hydrogen-bond acceptors (Lipinski definition) is 3. The molecule has 1 aliphatic carbocycles. The van der Waals surface area contributed by atoms with E-state index in [-0.39, 0.29) is 11.7 Å². The van der Waals surface area contributed by atoms with Crippen LogP contribution in [0.5, 0.6) is 0 Å². The minimum Gasteiger partial charge on any atom is -0.459 e. The van der Waals surface area contributed by atoms with Crippen molar-refractivity contribution in [2.24, 2.45) is 17.8 Å². The van der Waals surface area contributed by atoms with Crippen LogP contribution >= 0.6 is 0 Å². The number of aliphatic hydroxyl groups is 1. The predicted octanol–water partition coefficient (Wildman–Crippen LogP) is 4.59. The van der Waals surface area contributed by atoms with E-state index in [0.29, 0.717) is 23.3 Å². The van der Waals surface area contributed by atoms with Crippen molar-refractivity contribution < 1.29 is 14.6 Å². The summed E-state index contributed by atoms with van der Waals surface area (Å²) in [5, 5.41) is 10.4. The van der Waals surface area contributed by atoms with E-state index in [9.17, 15) is 9.90 Å². The van der Waals surface area contributed by atoms with Gasteiger partial charge in [0.1, 0.15) is 12.2 Å². The minimum absolute atomic E-state index is 0.0804. The second kappa shape index (κ2) is 7.98. The lowest BCUT2D eigenvalue weighted by Crippen LogP contribution is -2.36. The van der Waals surface area contributed by atoms with Gasteiger partial charge in [-0.3, -0.25) is 0 Å². The lowest BCUT2D eigenvalue weighted by molar-refractivity contribution is -0.152. The van der Waals surface area contributed by atoms with Crippen LogP contribution in [0, 0.1) is 24.7 Å². The Hall–Kier alpha value is -1.61. The van der Waals surface area contributed by atoms with Gasteiger partial charge in [-0.15, -0.1) is 0 Å². The van der Waals surface area contributed by atoms with Crippen LogP contribution in [0.1, 0.15) is 57.3 Å². The highest BCUT2D eigenvalue weighted by Crippen LogP contribution is 2.36. The molecule has 1 aromatic rings. The number of carbonyl (C=O) groups excluding carboxylic acids is 1. The molecule has 0 radical (unpaired) electrons. The molecule has 0 bridgehead atoms. The Balaban J connectivity index is 2.04. The van der Waals surface area contributed by atoms with Crippen LogP contribution in [-0.4, -0.2) is 17.2 Å². The summed E-state index contributed by atoms with van der Waals surface area (Å²) < 4.78 is 5.77. The van der Waals surface area contributed by atoms with Gasteiger partial charge in [0.15, 0.2) is 0 Å². The number of ether oxygens (including phenoxy) is 1. The topological polar surface area (TPSA) is 46.5 Å². The summed E-state index contributed by atoms with van der Waals surface area (Å²) >= 11 is 0. The van der Waals surface area contributed by atoms with Gasteiger partial charge >= 0.3 is 5.97 Å². The molecule has 0 aromatic heterocycles. The predicted molar refractivity (Wildman–Crippen MR) is 96.5 cm³/mol. The van der Waals surface area contributed by atoms with Gasteiger partial charge in [0.25, 0.3) is 0 Å². The van der Waals surface area contributed by atoms with Gasteiger partial charge in [-0.05, 0) is 43.1 Å². The molecule has 1 aliphatic rings. The number of rotatable bonds is 5. The maximum Gasteiger partial charge on any atom is 0.336 e. The summed E-state index contributed by atoms with van der Waals surface area (Å²) in [5.41, 5.74) is 1.88. The Kier molecular flexibility index (Phi) is 6.22. The summed E-state index contributed by atoms with van der Waals surface area (Å²) in [4.78, 5) is 12.5. The van der Waals surface area contributed by atoms with Gasteiger partial charge in [-0.25, -0.2) is 4.79 Å². The lowest BCUT2D eigenvalue weighted by Gasteiger charge is -2.37. The third-order valence-electron chi connectivity index (χ3n) is 5.21. The third-order valence-corrected chi connectivity index (χ3v) is 5.21. The summed E-state index contributed by atoms with van der Waals surface area (Å²) in [6.45, 7) is 12.3. The van der Waals surface area contributed by atoms with E-state index in [0.717, 1.165) is 18.4 Å². The first-order chi connectivity index (χ1) is 11.3. The second-order valence-corrected chi connectivity index (χ2v) is 7.61. The monoisotopic (exact) mass is 330 g/mol. The molecular weight excluding hydrogens is 300 g/mol. The first-order valence-corrected chi connectivity index (χ1v) is 8.94. The van der Waals surface area contributed by atoms with Gasteiger partial charge in [0.05, 0.1) is 5.57 Å². The van der Waals surface area contributed by atoms with Crippen molar-refractivity contribution in [3.8, 4) is 0 Å². The normalized spacial score (nSPS) is 25.3. The van der Waals surface area contributed by atoms with E-state index in [1.54, 1.807) is 0 Å². The van der Waals surface area contributed by atoms with E-state index in [1.165, 1.54) is 6.42 Å². The molecule has 3 heteroatoms. The van der Waals surface area contributed by atoms with E-state index in [1.807, 2.05) is 31.2 Å². The number of aryl methyl sites for hydroxylation is 1. The molecule has 0 unspecified atom stereocenters. The zero-order valence-corrected chi connectivity index (χ0v) is 15.3. The molecule has 1 saturated carbocycles. The van der Waals surface area contributed by atoms with Gasteiger partial charge in [-0.2, -0.15) is 0 Å². The first-order valence-electron chi connectivity index (χ1n) is 8.94. The van der Waals surface area contributed by atoms with Crippen LogP contribution < -0.4 is 0 Å². The van der Waals surface area contributed by atoms with Crippen LogP contribution in [0.4, 0.5) is 0 Å². The molecule has 0 heterocycles. The highest BCUT2D eigenvalue weighted by Gasteiger charge is 2.34. The summed E-state index contributed by atoms with van der Waals surface area (Å²) in [7, 11) is 0. The number of aliphatic hydroxyl groups excluding tert-OH is 1. The molecular formula is C21H30O3. The fourth-order valence-corrected chi connectivity index (χ4v) is 3.52. The third kappa shape index (κ3) is 4.47. The van der Waals surface area contributed by atoms with Crippen LogP contribution in [0.3, 0.4) is 0 Å². The standard InChI is InChI=1S/C21H30O3/c1-13(2)18-11-8-15(4)12-19(18)24-21(23)16(5)20(22)17-9-6-14(3)7-10-17/h6-7,9-10,13,15,18-20,22H,5,8,11-12H2,1-4H3/t15-,18-,19+,20+/m1/s1. The van der Waals surface area contributed by atoms with Gasteiger partial charge in [0, 0.05) is 0 Å². The molecule has 4 atom stereocenters. The van der Waals surface area contributed by atoms with Gasteiger partial charge in [0.2, 0.25) is 0 Å². The van der Waals surface area contributed by atoms with E-state index in [2.05, 4.69) is 27.4 Å². The molecule has 24 heavy (non-hydrogen) atoms. The van der Waals surface area contributed by atoms with Crippen LogP contribution in [-0.2, 0) is 9.53 Å². The SMILES string of the molecule is C=C(C(=O)O[C@H]1C[C@H](C)CC[C@@H]1C(C)C)[C@H](O)c1ccc(C)cc1. The van der Waals surface area contributed by atoms with Crippen LogP contribution in [0.25, 0.3) is 0 Å². The Morgan fingerprint density at radius 3 is 2.46 bits per heavy atom. The van der Waals surface area contributed by atoms with Crippen molar-refractivity contribution >= 4 is 5.97 Å². The first kappa shape index (κ1) is 18.7. The number of hydrogen-bond donors (Lipinski definition) is 1. The van der Waals surface area contributed by atoms with E-state index in [4.69, 9.17) is 4.74 Å². The van der Waals surface area contributed by atoms with Crippen LogP contribution in [0.15, 0.2) is 36.4 Å². The Labute approximate surface area is 145 Å². The quantitative estimate of drug-likeness (QED) is 0.634. The second-order valence-electron chi connectivity index (χ2n) is 7.61. The highest BCUT2D eigenvalue weighted by molar-refractivity contribution is 5.89. The van der Waals surface area contributed by atoms with Crippen molar-refractivity contribution in [1.82, 2.24) is 0 Å². The molecule has 0 amide bonds. The summed E-state index contributed by atoms with van der Waals surface area (Å²) in [6.07, 6.45) is 2.07. The fraction of sp³-hybridized carbons (Fsp3) is 0.571. The summed E-state index contributed by atoms with van der Waals surface area (Å²) in [6, 6.07) is 7.46. The lowest BCUT2D eigenvalue weighted by atomic mass is 9.75. The molecule has 3 nitrogen and oxygen atoms in total. The van der Waals surface area contributed by atoms with Crippen LogP contribution in [0.2, 0.25) is 0 Å². The molecule has 1 fully saturated rings. The number of carbonyl (C=O) groups is 1. The van der Waals surface area contributed by atoms with Gasteiger partial charge < -0.3 is 9.84 Å².